The molecular weight excluding hydrogens is 453 g/mol. The van der Waals surface area contributed by atoms with Crippen molar-refractivity contribution in [3.8, 4) is 0 Å². The minimum absolute atomic E-state index is 0.0503. The van der Waals surface area contributed by atoms with Gasteiger partial charge in [-0.05, 0) is 60.7 Å². The predicted octanol–water partition coefficient (Wildman–Crippen LogP) is 5.72. The highest BCUT2D eigenvalue weighted by Crippen LogP contribution is 2.37. The molecule has 0 spiro atoms. The number of aromatic nitrogens is 1. The van der Waals surface area contributed by atoms with Crippen LogP contribution in [0.3, 0.4) is 0 Å². The Morgan fingerprint density at radius 3 is 2.24 bits per heavy atom. The van der Waals surface area contributed by atoms with Gasteiger partial charge in [0.2, 0.25) is 0 Å². The first-order valence-electron chi connectivity index (χ1n) is 10.8. The summed E-state index contributed by atoms with van der Waals surface area (Å²) in [4.78, 5) is 17.1. The summed E-state index contributed by atoms with van der Waals surface area (Å²) in [5.74, 6) is -1.78. The van der Waals surface area contributed by atoms with Gasteiger partial charge < -0.3 is 10.6 Å². The van der Waals surface area contributed by atoms with Crippen molar-refractivity contribution in [1.82, 2.24) is 15.6 Å². The van der Waals surface area contributed by atoms with Gasteiger partial charge in [-0.2, -0.15) is 13.2 Å². The van der Waals surface area contributed by atoms with Crippen molar-refractivity contribution in [2.24, 2.45) is 0 Å². The van der Waals surface area contributed by atoms with E-state index in [1.54, 1.807) is 30.3 Å². The molecule has 1 atom stereocenters. The van der Waals surface area contributed by atoms with Gasteiger partial charge in [0, 0.05) is 12.5 Å². The molecule has 4 rings (SSSR count). The fraction of sp³-hybridized carbons (Fsp3) is 0.280. The summed E-state index contributed by atoms with van der Waals surface area (Å²) >= 11 is 0. The molecule has 1 aromatic heterocycles. The van der Waals surface area contributed by atoms with Gasteiger partial charge in [0.1, 0.15) is 17.2 Å². The Labute approximate surface area is 193 Å². The summed E-state index contributed by atoms with van der Waals surface area (Å²) in [6.07, 6.45) is -1.44. The Hall–Kier alpha value is -3.49. The molecule has 1 heterocycles. The lowest BCUT2D eigenvalue weighted by atomic mass is 9.79. The Bertz CT molecular complexity index is 1150. The second-order valence-electron chi connectivity index (χ2n) is 8.38. The Balaban J connectivity index is 1.90. The summed E-state index contributed by atoms with van der Waals surface area (Å²) in [6, 6.07) is 12.5. The van der Waals surface area contributed by atoms with Crippen molar-refractivity contribution in [3.63, 3.8) is 0 Å². The quantitative estimate of drug-likeness (QED) is 0.449. The van der Waals surface area contributed by atoms with Crippen LogP contribution in [0.15, 0.2) is 66.9 Å². The van der Waals surface area contributed by atoms with Crippen LogP contribution in [0.1, 0.15) is 41.6 Å². The number of carbonyl (C=O) groups excluding carboxylic acids is 1. The van der Waals surface area contributed by atoms with Gasteiger partial charge in [0.05, 0.1) is 17.5 Å². The molecule has 0 unspecified atom stereocenters. The van der Waals surface area contributed by atoms with Crippen LogP contribution in [-0.4, -0.2) is 17.1 Å². The monoisotopic (exact) mass is 475 g/mol. The maximum atomic E-state index is 14.5. The fourth-order valence-electron chi connectivity index (χ4n) is 4.02. The summed E-state index contributed by atoms with van der Waals surface area (Å²) in [6.45, 7) is 0. The van der Waals surface area contributed by atoms with Gasteiger partial charge in [0.15, 0.2) is 0 Å². The number of nitrogens with one attached hydrogen (secondary N) is 2. The number of benzene rings is 2. The van der Waals surface area contributed by atoms with Crippen LogP contribution < -0.4 is 10.6 Å². The standard InChI is InChI=1S/C25H22F5N3O/c26-19-9-10-22(31-15-19)24(14-16-5-2-1-3-6-16,33-23(34)32-21-7-4-8-21)17-11-18(25(28,29)30)13-20(27)12-17/h1-3,5-6,9-13,15,21H,4,7-8,14H2,(H2,32,33,34)/t24-/m0/s1. The number of nitrogens with zero attached hydrogens (tertiary/aromatic N) is 1. The number of amides is 2. The average molecular weight is 475 g/mol. The Morgan fingerprint density at radius 1 is 0.941 bits per heavy atom. The highest BCUT2D eigenvalue weighted by Gasteiger charge is 2.41. The molecule has 2 N–H and O–H groups in total. The van der Waals surface area contributed by atoms with Gasteiger partial charge in [-0.15, -0.1) is 0 Å². The molecule has 1 aliphatic rings. The average Bonchev–Trinajstić information content (AvgIpc) is 2.76. The molecule has 9 heteroatoms. The molecule has 178 valence electrons. The summed E-state index contributed by atoms with van der Waals surface area (Å²) < 4.78 is 68.9. The van der Waals surface area contributed by atoms with Gasteiger partial charge >= 0.3 is 12.2 Å². The van der Waals surface area contributed by atoms with E-state index < -0.39 is 34.9 Å². The Kier molecular flexibility index (Phi) is 6.54. The van der Waals surface area contributed by atoms with Gasteiger partial charge in [0.25, 0.3) is 0 Å². The predicted molar refractivity (Wildman–Crippen MR) is 116 cm³/mol. The number of hydrogen-bond donors (Lipinski definition) is 2. The van der Waals surface area contributed by atoms with Crippen molar-refractivity contribution < 1.29 is 26.7 Å². The van der Waals surface area contributed by atoms with Crippen molar-refractivity contribution in [2.45, 2.75) is 43.4 Å². The van der Waals surface area contributed by atoms with E-state index in [1.807, 2.05) is 0 Å². The third kappa shape index (κ3) is 5.18. The molecule has 1 saturated carbocycles. The fourth-order valence-corrected chi connectivity index (χ4v) is 4.02. The minimum atomic E-state index is -4.82. The van der Waals surface area contributed by atoms with Gasteiger partial charge in [-0.3, -0.25) is 4.98 Å². The van der Waals surface area contributed by atoms with Gasteiger partial charge in [-0.1, -0.05) is 30.3 Å². The number of hydrogen-bond acceptors (Lipinski definition) is 2. The second kappa shape index (κ2) is 9.40. The van der Waals surface area contributed by atoms with E-state index in [4.69, 9.17) is 0 Å². The molecular formula is C25H22F5N3O. The zero-order valence-corrected chi connectivity index (χ0v) is 18.0. The molecule has 0 aliphatic heterocycles. The SMILES string of the molecule is O=C(NC1CCC1)N[C@@](Cc1ccccc1)(c1cc(F)cc(C(F)(F)F)c1)c1ccc(F)cn1. The molecule has 34 heavy (non-hydrogen) atoms. The van der Waals surface area contributed by atoms with Crippen LogP contribution in [0, 0.1) is 11.6 Å². The normalized spacial score (nSPS) is 15.8. The highest BCUT2D eigenvalue weighted by atomic mass is 19.4. The zero-order valence-electron chi connectivity index (χ0n) is 18.0. The van der Waals surface area contributed by atoms with E-state index in [0.717, 1.165) is 43.7 Å². The first kappa shape index (κ1) is 23.7. The van der Waals surface area contributed by atoms with Crippen LogP contribution in [-0.2, 0) is 18.1 Å². The molecule has 4 nitrogen and oxygen atoms in total. The van der Waals surface area contributed by atoms with Crippen molar-refractivity contribution >= 4 is 6.03 Å². The van der Waals surface area contributed by atoms with Crippen molar-refractivity contribution in [1.29, 1.82) is 0 Å². The number of urea groups is 1. The van der Waals surface area contributed by atoms with E-state index in [2.05, 4.69) is 15.6 Å². The lowest BCUT2D eigenvalue weighted by Gasteiger charge is -2.37. The van der Waals surface area contributed by atoms with Crippen LogP contribution in [0.2, 0.25) is 0 Å². The van der Waals surface area contributed by atoms with Crippen molar-refractivity contribution in [3.05, 3.63) is 101 Å². The van der Waals surface area contributed by atoms with Crippen LogP contribution >= 0.6 is 0 Å². The lowest BCUT2D eigenvalue weighted by molar-refractivity contribution is -0.137. The maximum absolute atomic E-state index is 14.5. The molecule has 2 amide bonds. The molecule has 2 aromatic carbocycles. The lowest BCUT2D eigenvalue weighted by Crippen LogP contribution is -2.55. The first-order chi connectivity index (χ1) is 16.2. The van der Waals surface area contributed by atoms with E-state index >= 15 is 0 Å². The second-order valence-corrected chi connectivity index (χ2v) is 8.38. The smallest absolute Gasteiger partial charge is 0.335 e. The summed E-state index contributed by atoms with van der Waals surface area (Å²) in [5.41, 5.74) is -2.37. The van der Waals surface area contributed by atoms with E-state index in [9.17, 15) is 26.7 Å². The Morgan fingerprint density at radius 2 is 1.65 bits per heavy atom. The van der Waals surface area contributed by atoms with E-state index in [1.165, 1.54) is 6.07 Å². The molecule has 3 aromatic rings. The number of pyridine rings is 1. The van der Waals surface area contributed by atoms with Crippen LogP contribution in [0.25, 0.3) is 0 Å². The van der Waals surface area contributed by atoms with Crippen molar-refractivity contribution in [2.75, 3.05) is 0 Å². The first-order valence-corrected chi connectivity index (χ1v) is 10.8. The third-order valence-corrected chi connectivity index (χ3v) is 5.96. The summed E-state index contributed by atoms with van der Waals surface area (Å²) in [5, 5.41) is 5.57. The number of halogens is 5. The minimum Gasteiger partial charge on any atom is -0.335 e. The largest absolute Gasteiger partial charge is 0.416 e. The number of rotatable bonds is 6. The van der Waals surface area contributed by atoms with Crippen LogP contribution in [0.4, 0.5) is 26.7 Å². The zero-order chi connectivity index (χ0) is 24.3. The number of alkyl halides is 3. The molecule has 0 bridgehead atoms. The highest BCUT2D eigenvalue weighted by molar-refractivity contribution is 5.76. The molecule has 1 fully saturated rings. The van der Waals surface area contributed by atoms with Crippen LogP contribution in [0.5, 0.6) is 0 Å². The molecule has 1 aliphatic carbocycles. The summed E-state index contributed by atoms with van der Waals surface area (Å²) in [7, 11) is 0. The molecule has 0 radical (unpaired) electrons. The molecule has 0 saturated heterocycles. The number of carbonyl (C=O) groups is 1. The maximum Gasteiger partial charge on any atom is 0.416 e. The third-order valence-electron chi connectivity index (χ3n) is 5.96. The van der Waals surface area contributed by atoms with E-state index in [-0.39, 0.29) is 23.7 Å². The topological polar surface area (TPSA) is 54.0 Å². The van der Waals surface area contributed by atoms with Gasteiger partial charge in [-0.25, -0.2) is 13.6 Å². The van der Waals surface area contributed by atoms with E-state index in [0.29, 0.717) is 11.6 Å².